The van der Waals surface area contributed by atoms with Gasteiger partial charge in [-0.2, -0.15) is 0 Å². The van der Waals surface area contributed by atoms with Crippen molar-refractivity contribution in [3.63, 3.8) is 0 Å². The zero-order valence-electron chi connectivity index (χ0n) is 11.9. The summed E-state index contributed by atoms with van der Waals surface area (Å²) in [5.41, 5.74) is 9.35. The van der Waals surface area contributed by atoms with Gasteiger partial charge in [0.25, 0.3) is 0 Å². The molecular formula is C15H26N2O. The smallest absolute Gasteiger partial charge is 0.122 e. The summed E-state index contributed by atoms with van der Waals surface area (Å²) < 4.78 is 5.46. The molecule has 0 aliphatic rings. The number of hydrogen-bond donors (Lipinski definition) is 2. The van der Waals surface area contributed by atoms with Crippen LogP contribution in [-0.4, -0.2) is 26.7 Å². The van der Waals surface area contributed by atoms with Crippen molar-refractivity contribution < 1.29 is 4.74 Å². The van der Waals surface area contributed by atoms with Crippen molar-refractivity contribution >= 4 is 0 Å². The van der Waals surface area contributed by atoms with Gasteiger partial charge >= 0.3 is 0 Å². The number of aryl methyl sites for hydroxylation is 2. The van der Waals surface area contributed by atoms with Crippen LogP contribution in [0.25, 0.3) is 0 Å². The Morgan fingerprint density at radius 2 is 1.94 bits per heavy atom. The van der Waals surface area contributed by atoms with E-state index in [0.717, 1.165) is 44.6 Å². The van der Waals surface area contributed by atoms with Crippen molar-refractivity contribution in [3.05, 3.63) is 28.8 Å². The molecule has 0 aliphatic heterocycles. The molecule has 0 radical (unpaired) electrons. The lowest BCUT2D eigenvalue weighted by atomic mass is 10.0. The van der Waals surface area contributed by atoms with E-state index in [-0.39, 0.29) is 0 Å². The number of ether oxygens (including phenoxy) is 1. The Morgan fingerprint density at radius 1 is 1.17 bits per heavy atom. The molecule has 0 saturated heterocycles. The van der Waals surface area contributed by atoms with Crippen molar-refractivity contribution in [2.75, 3.05) is 26.7 Å². The molecule has 1 aromatic rings. The Balaban J connectivity index is 2.46. The highest BCUT2D eigenvalue weighted by atomic mass is 16.5. The van der Waals surface area contributed by atoms with Gasteiger partial charge in [0, 0.05) is 0 Å². The standard InChI is InChI=1S/C15H26N2O/c1-12-10-13(2)14(15(11-12)18-3)6-9-17-8-5-4-7-16/h10-11,17H,4-9,16H2,1-3H3. The van der Waals surface area contributed by atoms with Crippen LogP contribution in [0.2, 0.25) is 0 Å². The Labute approximate surface area is 111 Å². The molecule has 3 N–H and O–H groups in total. The summed E-state index contributed by atoms with van der Waals surface area (Å²) in [5.74, 6) is 1.01. The van der Waals surface area contributed by atoms with E-state index in [1.165, 1.54) is 16.7 Å². The lowest BCUT2D eigenvalue weighted by molar-refractivity contribution is 0.408. The Hall–Kier alpha value is -1.06. The second-order valence-electron chi connectivity index (χ2n) is 4.76. The average Bonchev–Trinajstić information content (AvgIpc) is 2.35. The van der Waals surface area contributed by atoms with E-state index in [0.29, 0.717) is 0 Å². The fraction of sp³-hybridized carbons (Fsp3) is 0.600. The zero-order chi connectivity index (χ0) is 13.4. The number of rotatable bonds is 8. The lowest BCUT2D eigenvalue weighted by Crippen LogP contribution is -2.19. The molecule has 0 bridgehead atoms. The van der Waals surface area contributed by atoms with Gasteiger partial charge in [0.1, 0.15) is 5.75 Å². The summed E-state index contributed by atoms with van der Waals surface area (Å²) in [4.78, 5) is 0. The van der Waals surface area contributed by atoms with Crippen molar-refractivity contribution in [3.8, 4) is 5.75 Å². The van der Waals surface area contributed by atoms with E-state index in [2.05, 4.69) is 31.3 Å². The zero-order valence-corrected chi connectivity index (χ0v) is 11.9. The molecule has 1 rings (SSSR count). The highest BCUT2D eigenvalue weighted by molar-refractivity contribution is 5.43. The molecule has 3 heteroatoms. The van der Waals surface area contributed by atoms with Crippen LogP contribution in [0.15, 0.2) is 12.1 Å². The van der Waals surface area contributed by atoms with Crippen LogP contribution in [-0.2, 0) is 6.42 Å². The number of hydrogen-bond acceptors (Lipinski definition) is 3. The molecule has 3 nitrogen and oxygen atoms in total. The second-order valence-corrected chi connectivity index (χ2v) is 4.76. The minimum absolute atomic E-state index is 0.784. The summed E-state index contributed by atoms with van der Waals surface area (Å²) in [6.07, 6.45) is 3.26. The fourth-order valence-electron chi connectivity index (χ4n) is 2.19. The lowest BCUT2D eigenvalue weighted by Gasteiger charge is -2.13. The minimum Gasteiger partial charge on any atom is -0.496 e. The molecule has 1 aromatic carbocycles. The van der Waals surface area contributed by atoms with Gasteiger partial charge in [-0.1, -0.05) is 6.07 Å². The molecular weight excluding hydrogens is 224 g/mol. The summed E-state index contributed by atoms with van der Waals surface area (Å²) >= 11 is 0. The monoisotopic (exact) mass is 250 g/mol. The van der Waals surface area contributed by atoms with Crippen LogP contribution in [0, 0.1) is 13.8 Å². The SMILES string of the molecule is COc1cc(C)cc(C)c1CCNCCCCN. The van der Waals surface area contributed by atoms with Crippen LogP contribution in [0.4, 0.5) is 0 Å². The largest absolute Gasteiger partial charge is 0.496 e. The minimum atomic E-state index is 0.784. The quantitative estimate of drug-likeness (QED) is 0.695. The van der Waals surface area contributed by atoms with Gasteiger partial charge in [0.2, 0.25) is 0 Å². The van der Waals surface area contributed by atoms with Crippen LogP contribution in [0.3, 0.4) is 0 Å². The third kappa shape index (κ3) is 4.67. The molecule has 0 aromatic heterocycles. The molecule has 0 heterocycles. The van der Waals surface area contributed by atoms with Crippen molar-refractivity contribution in [1.29, 1.82) is 0 Å². The third-order valence-electron chi connectivity index (χ3n) is 3.16. The first kappa shape index (κ1) is 15.0. The maximum absolute atomic E-state index is 5.46. The van der Waals surface area contributed by atoms with Crippen LogP contribution in [0.5, 0.6) is 5.75 Å². The normalized spacial score (nSPS) is 10.7. The number of nitrogens with two attached hydrogens (primary N) is 1. The maximum atomic E-state index is 5.46. The highest BCUT2D eigenvalue weighted by Gasteiger charge is 2.07. The Kier molecular flexibility index (Phi) is 6.76. The van der Waals surface area contributed by atoms with Gasteiger partial charge in [0.05, 0.1) is 7.11 Å². The Bertz CT molecular complexity index is 364. The van der Waals surface area contributed by atoms with Gasteiger partial charge in [-0.15, -0.1) is 0 Å². The first-order valence-corrected chi connectivity index (χ1v) is 6.74. The van der Waals surface area contributed by atoms with E-state index < -0.39 is 0 Å². The molecule has 0 unspecified atom stereocenters. The van der Waals surface area contributed by atoms with Gasteiger partial charge in [-0.05, 0) is 75.5 Å². The highest BCUT2D eigenvalue weighted by Crippen LogP contribution is 2.24. The van der Waals surface area contributed by atoms with Gasteiger partial charge in [0.15, 0.2) is 0 Å². The molecule has 0 spiro atoms. The fourth-order valence-corrected chi connectivity index (χ4v) is 2.19. The van der Waals surface area contributed by atoms with Crippen LogP contribution in [0.1, 0.15) is 29.5 Å². The number of nitrogens with one attached hydrogen (secondary N) is 1. The van der Waals surface area contributed by atoms with Crippen molar-refractivity contribution in [1.82, 2.24) is 5.32 Å². The van der Waals surface area contributed by atoms with Crippen molar-refractivity contribution in [2.24, 2.45) is 5.73 Å². The first-order chi connectivity index (χ1) is 8.69. The van der Waals surface area contributed by atoms with Gasteiger partial charge in [-0.3, -0.25) is 0 Å². The maximum Gasteiger partial charge on any atom is 0.122 e. The summed E-state index contributed by atoms with van der Waals surface area (Å²) in [5, 5.41) is 3.45. The molecule has 0 amide bonds. The molecule has 18 heavy (non-hydrogen) atoms. The third-order valence-corrected chi connectivity index (χ3v) is 3.16. The predicted octanol–water partition coefficient (Wildman–Crippen LogP) is 2.18. The average molecular weight is 250 g/mol. The predicted molar refractivity (Wildman–Crippen MR) is 77.3 cm³/mol. The topological polar surface area (TPSA) is 47.3 Å². The molecule has 0 aliphatic carbocycles. The molecule has 102 valence electrons. The molecule has 0 saturated carbocycles. The number of methoxy groups -OCH3 is 1. The van der Waals surface area contributed by atoms with E-state index in [4.69, 9.17) is 10.5 Å². The van der Waals surface area contributed by atoms with Gasteiger partial charge < -0.3 is 15.8 Å². The first-order valence-electron chi connectivity index (χ1n) is 6.74. The summed E-state index contributed by atoms with van der Waals surface area (Å²) in [6.45, 7) is 7.07. The van der Waals surface area contributed by atoms with Crippen molar-refractivity contribution in [2.45, 2.75) is 33.1 Å². The number of unbranched alkanes of at least 4 members (excludes halogenated alkanes) is 1. The van der Waals surface area contributed by atoms with Gasteiger partial charge in [-0.25, -0.2) is 0 Å². The van der Waals surface area contributed by atoms with E-state index in [1.54, 1.807) is 7.11 Å². The van der Waals surface area contributed by atoms with E-state index in [1.807, 2.05) is 0 Å². The molecule has 0 atom stereocenters. The Morgan fingerprint density at radius 3 is 2.61 bits per heavy atom. The van der Waals surface area contributed by atoms with E-state index in [9.17, 15) is 0 Å². The van der Waals surface area contributed by atoms with Crippen LogP contribution >= 0.6 is 0 Å². The molecule has 0 fully saturated rings. The van der Waals surface area contributed by atoms with E-state index >= 15 is 0 Å². The summed E-state index contributed by atoms with van der Waals surface area (Å²) in [6, 6.07) is 4.32. The second kappa shape index (κ2) is 8.11. The van der Waals surface area contributed by atoms with Crippen LogP contribution < -0.4 is 15.8 Å². The summed E-state index contributed by atoms with van der Waals surface area (Å²) in [7, 11) is 1.74. The number of benzene rings is 1.